The molecule has 654 valence electrons. The molecule has 0 spiro atoms. The second-order valence-corrected chi connectivity index (χ2v) is 28.6. The number of allylic oxidation sites excluding steroid dienone is 2. The maximum atomic E-state index is 14.0. The average molecular weight is 1720 g/mol. The number of carbonyl (C=O) groups is 11. The number of nitrogens with zero attached hydrogens (tertiary/aromatic N) is 4. The number of aliphatic carboxylic acids is 1. The zero-order chi connectivity index (χ0) is 91.7. The Labute approximate surface area is 700 Å². The fourth-order valence-corrected chi connectivity index (χ4v) is 17.0. The summed E-state index contributed by atoms with van der Waals surface area (Å²) < 4.78 is 175. The SMILES string of the molecule is CC.CC.CC.CC.CC(=O)c1c(F)cccc1F.COC(=O)[C@]12CC[C@H](C1)C(=CC(=O)c1c(F)cccc1F)C2=O.COC(=O)[C@]12CC[C@H](C1)C(C(O)C(=O)c1c(F)cccc1F)C2=O.COC(=O)[C@]12CC[C@H](C1)c1cc(-c3c(F)cccc3F)nnc12.O=C(O)[C@]12CC[C@H](C1)c1cc(-c3c(F)cccc3F)nnc12.O=CC(=O)c1c(F)cccc1F. The first-order valence-corrected chi connectivity index (χ1v) is 39.6. The quantitative estimate of drug-likeness (QED) is 0.0149. The highest BCUT2D eigenvalue weighted by atomic mass is 19.2. The van der Waals surface area contributed by atoms with Gasteiger partial charge in [-0.1, -0.05) is 91.8 Å². The van der Waals surface area contributed by atoms with Gasteiger partial charge in [0.15, 0.2) is 35.2 Å². The first-order valence-electron chi connectivity index (χ1n) is 39.6. The van der Waals surface area contributed by atoms with Gasteiger partial charge < -0.3 is 24.4 Å². The summed E-state index contributed by atoms with van der Waals surface area (Å²) in [6.07, 6.45) is 5.10. The van der Waals surface area contributed by atoms with Crippen molar-refractivity contribution < 1.29 is 130 Å². The lowest BCUT2D eigenvalue weighted by Crippen LogP contribution is -2.45. The van der Waals surface area contributed by atoms with Gasteiger partial charge in [0.1, 0.15) is 97.6 Å². The van der Waals surface area contributed by atoms with Gasteiger partial charge >= 0.3 is 23.9 Å². The number of rotatable bonds is 14. The molecule has 16 rings (SSSR count). The third-order valence-electron chi connectivity index (χ3n) is 22.5. The first-order chi connectivity index (χ1) is 58.6. The predicted octanol–water partition coefficient (Wildman–Crippen LogP) is 18.0. The van der Waals surface area contributed by atoms with Crippen LogP contribution in [0.25, 0.3) is 22.5 Å². The van der Waals surface area contributed by atoms with Crippen LogP contribution in [0.5, 0.6) is 0 Å². The molecular formula is C91H90F12N4O16. The van der Waals surface area contributed by atoms with Crippen LogP contribution in [0.15, 0.2) is 133 Å². The number of esters is 3. The molecule has 10 atom stereocenters. The Balaban J connectivity index is 0.000000203. The highest BCUT2D eigenvalue weighted by molar-refractivity contribution is 6.33. The average Bonchev–Trinajstić information content (AvgIpc) is 1.59. The number of halogens is 12. The maximum absolute atomic E-state index is 14.0. The van der Waals surface area contributed by atoms with Crippen molar-refractivity contribution in [2.75, 3.05) is 21.3 Å². The van der Waals surface area contributed by atoms with Crippen molar-refractivity contribution in [1.29, 1.82) is 0 Å². The Kier molecular flexibility index (Phi) is 33.6. The molecule has 32 heteroatoms. The molecule has 8 aromatic rings. The minimum absolute atomic E-state index is 0.0789. The number of aromatic nitrogens is 4. The number of aldehydes is 1. The monoisotopic (exact) mass is 1720 g/mol. The van der Waals surface area contributed by atoms with Crippen LogP contribution in [0.4, 0.5) is 52.7 Å². The summed E-state index contributed by atoms with van der Waals surface area (Å²) in [6.45, 7) is 17.1. The molecular weight excluding hydrogens is 1630 g/mol. The van der Waals surface area contributed by atoms with E-state index in [1.165, 1.54) is 51.7 Å². The van der Waals surface area contributed by atoms with Gasteiger partial charge in [0.05, 0.1) is 83.4 Å². The molecule has 0 amide bonds. The van der Waals surface area contributed by atoms with E-state index in [1.54, 1.807) is 12.1 Å². The van der Waals surface area contributed by atoms with E-state index in [4.69, 9.17) is 14.2 Å². The number of hydrogen-bond acceptors (Lipinski definition) is 19. The van der Waals surface area contributed by atoms with E-state index in [0.717, 1.165) is 116 Å². The minimum Gasteiger partial charge on any atom is -0.481 e. The van der Waals surface area contributed by atoms with Crippen molar-refractivity contribution in [3.05, 3.63) is 248 Å². The molecule has 2 heterocycles. The number of ether oxygens (including phenoxy) is 3. The number of carboxylic acid groups (broad SMARTS) is 1. The third kappa shape index (κ3) is 19.2. The summed E-state index contributed by atoms with van der Waals surface area (Å²) >= 11 is 0. The summed E-state index contributed by atoms with van der Waals surface area (Å²) in [6, 6.07) is 22.9. The van der Waals surface area contributed by atoms with Crippen molar-refractivity contribution in [2.24, 2.45) is 28.6 Å². The molecule has 2 aromatic heterocycles. The van der Waals surface area contributed by atoms with Crippen LogP contribution in [-0.4, -0.2) is 123 Å². The number of fused-ring (bicyclic) bond motifs is 14. The molecule has 20 nitrogen and oxygen atoms in total. The Hall–Kier alpha value is -12.1. The second kappa shape index (κ2) is 42.1. The van der Waals surface area contributed by atoms with E-state index in [9.17, 15) is 116 Å². The van der Waals surface area contributed by atoms with Crippen molar-refractivity contribution in [3.63, 3.8) is 0 Å². The van der Waals surface area contributed by atoms with E-state index in [1.807, 2.05) is 55.4 Å². The number of Topliss-reactive ketones (excluding diaryl/α,β-unsaturated/α-hetero) is 5. The van der Waals surface area contributed by atoms with E-state index in [2.05, 4.69) is 20.4 Å². The number of hydrogen-bond donors (Lipinski definition) is 2. The summed E-state index contributed by atoms with van der Waals surface area (Å²) in [5.41, 5.74) is -4.42. The predicted molar refractivity (Wildman–Crippen MR) is 422 cm³/mol. The van der Waals surface area contributed by atoms with Gasteiger partial charge in [-0.3, -0.25) is 52.7 Å². The van der Waals surface area contributed by atoms with Crippen molar-refractivity contribution in [2.45, 2.75) is 168 Å². The number of ketones is 6. The Bertz CT molecular complexity index is 5280. The number of carbonyl (C=O) groups excluding carboxylic acids is 10. The topological polar surface area (TPSA) is 307 Å². The molecule has 8 bridgehead atoms. The highest BCUT2D eigenvalue weighted by Gasteiger charge is 2.65. The normalized spacial score (nSPS) is 22.0. The number of aliphatic hydroxyl groups is 1. The Morgan fingerprint density at radius 2 is 0.748 bits per heavy atom. The molecule has 6 aromatic carbocycles. The molecule has 0 radical (unpaired) electrons. The lowest BCUT2D eigenvalue weighted by molar-refractivity contribution is -0.158. The highest BCUT2D eigenvalue weighted by Crippen LogP contribution is 2.60. The lowest BCUT2D eigenvalue weighted by atomic mass is 9.75. The van der Waals surface area contributed by atoms with E-state index in [0.29, 0.717) is 62.8 Å². The number of benzene rings is 6. The van der Waals surface area contributed by atoms with Gasteiger partial charge in [0, 0.05) is 5.57 Å². The van der Waals surface area contributed by atoms with Crippen molar-refractivity contribution >= 4 is 64.9 Å². The van der Waals surface area contributed by atoms with Crippen molar-refractivity contribution in [3.8, 4) is 22.5 Å². The molecule has 8 aliphatic rings. The van der Waals surface area contributed by atoms with E-state index in [-0.39, 0.29) is 76.9 Å². The fourth-order valence-electron chi connectivity index (χ4n) is 17.0. The first kappa shape index (κ1) is 98.0. The van der Waals surface area contributed by atoms with Crippen LogP contribution < -0.4 is 0 Å². The standard InChI is InChI=1S/C17H14F2N2O2.C17H16F2O5.C17H14F2O4.C16H12F2N2O2.C8H4F2O2.C8H6F2O.4C2H6/c1-23-16(22)17-6-5-9(8-17)10-7-13(20-21-15(10)17)14-11(18)3-2-4-12(14)19;1-24-16(23)17-6-5-8(7-17)11(15(17)22)13(20)14(21)12-9(18)3-2-4-10(12)19;1-23-16(22)17-6-5-9(8-17)10(15(17)21)7-13(20)14-11(18)3-2-4-12(14)19;17-10-2-1-3-11(18)13(10)12-6-9-8-4-5-16(7-8,15(21)22)14(9)20-19-12;9-5-2-1-3-6(10)8(5)7(12)4-11;1-5(11)8-6(9)3-2-4-7(8)10;4*1-2/h2-4,7,9H,5-6,8H2,1H3;2-4,8,11,13,20H,5-7H2,1H3;2-4,7,9H,5-6,8H2,1H3;1-3,6,8H,4-5,7H2,(H,21,22);1-4H;2-4H,1H3;4*1-2H3/t9-,17-;8-,11?,13?,17-;9-,17-;8-,16-;;;;;;/m1111....../s1. The van der Waals surface area contributed by atoms with Gasteiger partial charge in [-0.15, -0.1) is 10.2 Å². The molecule has 6 fully saturated rings. The van der Waals surface area contributed by atoms with Gasteiger partial charge in [-0.25, -0.2) is 52.7 Å². The second-order valence-electron chi connectivity index (χ2n) is 28.6. The van der Waals surface area contributed by atoms with Crippen molar-refractivity contribution in [1.82, 2.24) is 20.4 Å². The summed E-state index contributed by atoms with van der Waals surface area (Å²) in [5.74, 6) is -19.5. The summed E-state index contributed by atoms with van der Waals surface area (Å²) in [7, 11) is 3.74. The molecule has 0 saturated heterocycles. The van der Waals surface area contributed by atoms with Crippen LogP contribution in [0.2, 0.25) is 0 Å². The van der Waals surface area contributed by atoms with Crippen LogP contribution in [0.3, 0.4) is 0 Å². The molecule has 123 heavy (non-hydrogen) atoms. The lowest BCUT2D eigenvalue weighted by Gasteiger charge is -2.28. The van der Waals surface area contributed by atoms with Crippen LogP contribution in [0, 0.1) is 98.4 Å². The van der Waals surface area contributed by atoms with E-state index < -0.39 is 178 Å². The zero-order valence-electron chi connectivity index (χ0n) is 69.1. The van der Waals surface area contributed by atoms with Gasteiger partial charge in [0.2, 0.25) is 5.78 Å². The number of carboxylic acids is 1. The Morgan fingerprint density at radius 3 is 1.14 bits per heavy atom. The molecule has 0 aliphatic heterocycles. The smallest absolute Gasteiger partial charge is 0.319 e. The third-order valence-corrected chi connectivity index (χ3v) is 22.5. The fraction of sp³-hybridized carbons (Fsp3) is 0.374. The van der Waals surface area contributed by atoms with Crippen LogP contribution >= 0.6 is 0 Å². The molecule has 8 aliphatic carbocycles. The number of methoxy groups -OCH3 is 3. The van der Waals surface area contributed by atoms with E-state index >= 15 is 0 Å². The Morgan fingerprint density at radius 1 is 0.423 bits per heavy atom. The van der Waals surface area contributed by atoms with Gasteiger partial charge in [0.25, 0.3) is 0 Å². The van der Waals surface area contributed by atoms with Gasteiger partial charge in [-0.2, -0.15) is 10.2 Å². The largest absolute Gasteiger partial charge is 0.481 e. The number of aliphatic hydroxyl groups excluding tert-OH is 1. The van der Waals surface area contributed by atoms with Gasteiger partial charge in [-0.05, 0) is 210 Å². The molecule has 2 unspecified atom stereocenters. The molecule has 6 saturated carbocycles. The summed E-state index contributed by atoms with van der Waals surface area (Å²) in [5, 5.41) is 35.9. The van der Waals surface area contributed by atoms with Crippen LogP contribution in [-0.2, 0) is 58.6 Å². The van der Waals surface area contributed by atoms with Crippen LogP contribution in [0.1, 0.15) is 215 Å². The maximum Gasteiger partial charge on any atom is 0.319 e. The summed E-state index contributed by atoms with van der Waals surface area (Å²) in [4.78, 5) is 129. The zero-order valence-corrected chi connectivity index (χ0v) is 69.1. The minimum atomic E-state index is -1.89. The molecule has 2 N–H and O–H groups in total.